The van der Waals surface area contributed by atoms with Crippen LogP contribution < -0.4 is 9.47 Å². The van der Waals surface area contributed by atoms with Gasteiger partial charge in [0.1, 0.15) is 22.7 Å². The minimum absolute atomic E-state index is 0.0927. The highest BCUT2D eigenvalue weighted by Crippen LogP contribution is 2.71. The zero-order valence-corrected chi connectivity index (χ0v) is 25.8. The first kappa shape index (κ1) is 29.7. The van der Waals surface area contributed by atoms with Gasteiger partial charge in [-0.3, -0.25) is 0 Å². The maximum atomic E-state index is 14.0. The SMILES string of the molecule is Cc1ccc(S(=O)(=O)OS(c2ccccc2)(c2cccc(OC(C)(C)C)c2)c2cccc(OC(C)(C)C)c2)cc1. The molecule has 4 rings (SSSR count). The van der Waals surface area contributed by atoms with Gasteiger partial charge in [-0.1, -0.05) is 48.0 Å². The third-order valence-corrected chi connectivity index (χ3v) is 10.9. The summed E-state index contributed by atoms with van der Waals surface area (Å²) in [7, 11) is -7.07. The summed E-state index contributed by atoms with van der Waals surface area (Å²) in [6, 6.07) is 31.3. The largest absolute Gasteiger partial charge is 0.488 e. The van der Waals surface area contributed by atoms with Crippen molar-refractivity contribution in [2.24, 2.45) is 0 Å². The molecule has 5 nitrogen and oxygen atoms in total. The molecule has 0 amide bonds. The van der Waals surface area contributed by atoms with Gasteiger partial charge in [0.2, 0.25) is 0 Å². The second-order valence-electron chi connectivity index (χ2n) is 11.6. The van der Waals surface area contributed by atoms with Crippen molar-refractivity contribution in [3.63, 3.8) is 0 Å². The van der Waals surface area contributed by atoms with Crippen LogP contribution in [0.4, 0.5) is 0 Å². The number of ether oxygens (including phenoxy) is 2. The van der Waals surface area contributed by atoms with Gasteiger partial charge >= 0.3 is 10.1 Å². The molecule has 0 atom stereocenters. The van der Waals surface area contributed by atoms with E-state index in [1.807, 2.05) is 127 Å². The predicted molar refractivity (Wildman–Crippen MR) is 162 cm³/mol. The summed E-state index contributed by atoms with van der Waals surface area (Å²) in [6.07, 6.45) is 0. The van der Waals surface area contributed by atoms with Gasteiger partial charge in [0.15, 0.2) is 0 Å². The summed E-state index contributed by atoms with van der Waals surface area (Å²) in [5.74, 6) is 1.24. The van der Waals surface area contributed by atoms with Crippen molar-refractivity contribution in [1.82, 2.24) is 0 Å². The first-order valence-electron chi connectivity index (χ1n) is 13.2. The lowest BCUT2D eigenvalue weighted by atomic mass is 10.2. The fourth-order valence-electron chi connectivity index (χ4n) is 4.16. The lowest BCUT2D eigenvalue weighted by Crippen LogP contribution is -2.23. The third kappa shape index (κ3) is 7.08. The summed E-state index contributed by atoms with van der Waals surface area (Å²) in [5, 5.41) is 0. The number of hydrogen-bond acceptors (Lipinski definition) is 5. The van der Waals surface area contributed by atoms with Crippen molar-refractivity contribution >= 4 is 20.4 Å². The Kier molecular flexibility index (Phi) is 8.41. The van der Waals surface area contributed by atoms with E-state index in [2.05, 4.69) is 0 Å². The molecular formula is C33H38O5S2. The number of hydrogen-bond donors (Lipinski definition) is 0. The zero-order chi connectivity index (χ0) is 29.2. The standard InChI is InChI=1S/C33H38O5S2/c1-25-19-21-29(22-20-25)40(34,35)38-39(28-15-9-8-10-16-28,30-17-11-13-26(23-30)36-32(2,3)4)31-18-12-14-27(24-31)37-33(5,6)7/h8-24H,1-7H3. The summed E-state index contributed by atoms with van der Waals surface area (Å²) in [5.41, 5.74) is 0.0665. The summed E-state index contributed by atoms with van der Waals surface area (Å²) >= 11 is 0. The highest BCUT2D eigenvalue weighted by Gasteiger charge is 2.39. The molecule has 0 N–H and O–H groups in total. The van der Waals surface area contributed by atoms with Gasteiger partial charge in [0, 0.05) is 14.7 Å². The van der Waals surface area contributed by atoms with Gasteiger partial charge in [-0.05, 0) is 119 Å². The van der Waals surface area contributed by atoms with Crippen LogP contribution in [0.1, 0.15) is 47.1 Å². The highest BCUT2D eigenvalue weighted by atomic mass is 32.3. The molecule has 0 aromatic heterocycles. The Balaban J connectivity index is 2.03. The van der Waals surface area contributed by atoms with Crippen LogP contribution in [0.15, 0.2) is 123 Å². The van der Waals surface area contributed by atoms with Gasteiger partial charge in [-0.15, -0.1) is 0 Å². The van der Waals surface area contributed by atoms with E-state index in [1.54, 1.807) is 24.3 Å². The Hall–Kier alpha value is -3.26. The van der Waals surface area contributed by atoms with Crippen LogP contribution in [0.3, 0.4) is 0 Å². The third-order valence-electron chi connectivity index (χ3n) is 5.70. The van der Waals surface area contributed by atoms with E-state index >= 15 is 0 Å². The highest BCUT2D eigenvalue weighted by molar-refractivity contribution is 8.33. The van der Waals surface area contributed by atoms with Crippen LogP contribution in [0.25, 0.3) is 0 Å². The molecule has 212 valence electrons. The molecule has 0 spiro atoms. The molecule has 40 heavy (non-hydrogen) atoms. The van der Waals surface area contributed by atoms with Crippen LogP contribution in [-0.4, -0.2) is 19.6 Å². The van der Waals surface area contributed by atoms with E-state index in [0.717, 1.165) is 10.5 Å². The van der Waals surface area contributed by atoms with E-state index in [-0.39, 0.29) is 4.90 Å². The lowest BCUT2D eigenvalue weighted by molar-refractivity contribution is 0.130. The normalized spacial score (nSPS) is 13.1. The van der Waals surface area contributed by atoms with Crippen LogP contribution in [-0.2, 0) is 13.7 Å². The molecule has 4 aromatic carbocycles. The maximum absolute atomic E-state index is 14.0. The molecule has 0 heterocycles. The molecule has 4 aromatic rings. The van der Waals surface area contributed by atoms with Gasteiger partial charge in [0.05, 0.1) is 4.90 Å². The van der Waals surface area contributed by atoms with Gasteiger partial charge < -0.3 is 9.47 Å². The molecule has 0 saturated heterocycles. The number of aryl methyl sites for hydroxylation is 1. The van der Waals surface area contributed by atoms with Gasteiger partial charge in [-0.25, -0.2) is 3.63 Å². The average molecular weight is 579 g/mol. The fraction of sp³-hybridized carbons (Fsp3) is 0.273. The van der Waals surface area contributed by atoms with Crippen molar-refractivity contribution in [2.45, 2.75) is 79.3 Å². The first-order valence-corrected chi connectivity index (χ1v) is 16.1. The molecule has 0 aliphatic carbocycles. The molecule has 0 unspecified atom stereocenters. The zero-order valence-electron chi connectivity index (χ0n) is 24.2. The monoisotopic (exact) mass is 578 g/mol. The van der Waals surface area contributed by atoms with Crippen LogP contribution >= 0.6 is 10.3 Å². The van der Waals surface area contributed by atoms with E-state index in [0.29, 0.717) is 21.3 Å². The summed E-state index contributed by atoms with van der Waals surface area (Å²) < 4.78 is 47.0. The van der Waals surface area contributed by atoms with E-state index in [4.69, 9.17) is 13.1 Å². The van der Waals surface area contributed by atoms with Crippen molar-refractivity contribution in [2.75, 3.05) is 0 Å². The molecule has 0 saturated carbocycles. The van der Waals surface area contributed by atoms with Crippen molar-refractivity contribution in [3.05, 3.63) is 109 Å². The summed E-state index contributed by atoms with van der Waals surface area (Å²) in [6.45, 7) is 13.8. The van der Waals surface area contributed by atoms with E-state index < -0.39 is 31.6 Å². The number of benzene rings is 4. The average Bonchev–Trinajstić information content (AvgIpc) is 2.86. The topological polar surface area (TPSA) is 61.8 Å². The minimum Gasteiger partial charge on any atom is -0.488 e. The molecule has 0 radical (unpaired) electrons. The summed E-state index contributed by atoms with van der Waals surface area (Å²) in [4.78, 5) is 2.19. The fourth-order valence-corrected chi connectivity index (χ4v) is 9.42. The van der Waals surface area contributed by atoms with Crippen LogP contribution in [0.5, 0.6) is 11.5 Å². The Morgan fingerprint density at radius 1 is 0.525 bits per heavy atom. The number of rotatable bonds is 8. The molecule has 7 heteroatoms. The molecule has 0 aliphatic heterocycles. The Bertz CT molecular complexity index is 1490. The smallest absolute Gasteiger partial charge is 0.307 e. The second kappa shape index (κ2) is 11.3. The Morgan fingerprint density at radius 3 is 1.43 bits per heavy atom. The molecule has 0 fully saturated rings. The van der Waals surface area contributed by atoms with Gasteiger partial charge in [0.25, 0.3) is 0 Å². The van der Waals surface area contributed by atoms with Crippen molar-refractivity contribution in [1.29, 1.82) is 0 Å². The van der Waals surface area contributed by atoms with Crippen molar-refractivity contribution in [3.8, 4) is 11.5 Å². The second-order valence-corrected chi connectivity index (χ2v) is 16.0. The lowest BCUT2D eigenvalue weighted by Gasteiger charge is -2.40. The molecule has 0 bridgehead atoms. The van der Waals surface area contributed by atoms with Crippen LogP contribution in [0, 0.1) is 6.92 Å². The van der Waals surface area contributed by atoms with E-state index in [1.165, 1.54) is 0 Å². The molecular weight excluding hydrogens is 540 g/mol. The van der Waals surface area contributed by atoms with E-state index in [9.17, 15) is 8.42 Å². The van der Waals surface area contributed by atoms with Crippen LogP contribution in [0.2, 0.25) is 0 Å². The van der Waals surface area contributed by atoms with Crippen molar-refractivity contribution < 1.29 is 21.5 Å². The quantitative estimate of drug-likeness (QED) is 0.209. The Morgan fingerprint density at radius 2 is 0.975 bits per heavy atom. The maximum Gasteiger partial charge on any atom is 0.307 e. The predicted octanol–water partition coefficient (Wildman–Crippen LogP) is 8.95. The molecule has 0 aliphatic rings. The Labute approximate surface area is 240 Å². The minimum atomic E-state index is -4.22. The van der Waals surface area contributed by atoms with Gasteiger partial charge in [-0.2, -0.15) is 8.42 Å². The first-order chi connectivity index (χ1) is 18.7.